The maximum Gasteiger partial charge on any atom is 0.560 e. The fourth-order valence-electron chi connectivity index (χ4n) is 0.767. The van der Waals surface area contributed by atoms with Crippen LogP contribution in [0.15, 0.2) is 29.2 Å². The number of benzene rings is 1. The van der Waals surface area contributed by atoms with E-state index in [1.54, 1.807) is 0 Å². The molecular weight excluding hydrogens is 364 g/mol. The maximum atomic E-state index is 10.5. The number of rotatable bonds is 2. The monoisotopic (exact) mass is 370 g/mol. The van der Waals surface area contributed by atoms with E-state index in [2.05, 4.69) is 25.8 Å². The number of aliphatic hydroxyl groups excluding tert-OH is 1. The van der Waals surface area contributed by atoms with Gasteiger partial charge in [-0.05, 0) is 17.7 Å². The first kappa shape index (κ1) is 15.8. The largest absolute Gasteiger partial charge is 0.560 e. The van der Waals surface area contributed by atoms with Crippen LogP contribution < -0.4 is 0 Å². The Bertz CT molecular complexity index is 378. The number of halogens is 2. The Balaban J connectivity index is 0.000000583. The van der Waals surface area contributed by atoms with Crippen molar-refractivity contribution >= 4 is 51.9 Å². The van der Waals surface area contributed by atoms with Gasteiger partial charge in [0.1, 0.15) is 0 Å². The summed E-state index contributed by atoms with van der Waals surface area (Å²) in [7, 11) is -4.11. The predicted octanol–water partition coefficient (Wildman–Crippen LogP) is 1.74. The third-order valence-electron chi connectivity index (χ3n) is 1.40. The second-order valence-corrected chi connectivity index (χ2v) is 11.9. The van der Waals surface area contributed by atoms with Crippen LogP contribution >= 0.6 is 25.8 Å². The van der Waals surface area contributed by atoms with Crippen LogP contribution in [0.5, 0.6) is 0 Å². The minimum Gasteiger partial charge on any atom is -0.392 e. The molecule has 8 heteroatoms. The summed E-state index contributed by atoms with van der Waals surface area (Å²) < 4.78 is 29.6. The van der Waals surface area contributed by atoms with Gasteiger partial charge in [-0.15, -0.1) is 0 Å². The fourth-order valence-corrected chi connectivity index (χ4v) is 1.25. The Morgan fingerprint density at radius 3 is 1.87 bits per heavy atom. The number of hydrogen-bond acceptors (Lipinski definition) is 3. The molecule has 0 aliphatic carbocycles. The molecule has 0 heterocycles. The van der Waals surface area contributed by atoms with Crippen molar-refractivity contribution in [1.82, 2.24) is 0 Å². The zero-order valence-corrected chi connectivity index (χ0v) is 13.0. The second-order valence-electron chi connectivity index (χ2n) is 2.38. The third-order valence-corrected chi connectivity index (χ3v) is 2.27. The molecule has 1 aromatic carbocycles. The van der Waals surface area contributed by atoms with Gasteiger partial charge in [-0.25, -0.2) is 0 Å². The van der Waals surface area contributed by atoms with Gasteiger partial charge in [-0.2, -0.15) is 8.42 Å². The lowest BCUT2D eigenvalue weighted by Gasteiger charge is -1.97. The maximum absolute atomic E-state index is 10.5. The van der Waals surface area contributed by atoms with E-state index in [0.29, 0.717) is 5.56 Å². The van der Waals surface area contributed by atoms with Gasteiger partial charge in [0, 0.05) is 0 Å². The van der Waals surface area contributed by atoms with Gasteiger partial charge in [0.25, 0.3) is 10.1 Å². The Hall–Kier alpha value is 0.816. The first-order valence-electron chi connectivity index (χ1n) is 3.75. The van der Waals surface area contributed by atoms with Crippen LogP contribution in [0.25, 0.3) is 0 Å². The minimum absolute atomic E-state index is 0.0417. The summed E-state index contributed by atoms with van der Waals surface area (Å²) >= 11 is 6.44. The molecule has 15 heavy (non-hydrogen) atoms. The molecule has 0 saturated heterocycles. The van der Waals surface area contributed by atoms with Gasteiger partial charge >= 0.3 is 16.0 Å². The summed E-state index contributed by atoms with van der Waals surface area (Å²) in [6.07, 6.45) is 0. The second kappa shape index (κ2) is 7.99. The third kappa shape index (κ3) is 6.87. The quantitative estimate of drug-likeness (QED) is 0.613. The van der Waals surface area contributed by atoms with Gasteiger partial charge in [0.15, 0.2) is 0 Å². The van der Waals surface area contributed by atoms with Gasteiger partial charge in [-0.1, -0.05) is 12.1 Å². The Kier molecular flexibility index (Phi) is 8.42. The molecule has 1 aromatic rings. The molecule has 0 radical (unpaired) electrons. The van der Waals surface area contributed by atoms with Crippen molar-refractivity contribution in [1.29, 1.82) is 0 Å². The lowest BCUT2D eigenvalue weighted by molar-refractivity contribution is 0.281. The number of aliphatic hydroxyl groups is 1. The van der Waals surface area contributed by atoms with Crippen LogP contribution in [0.3, 0.4) is 0 Å². The molecule has 0 unspecified atom stereocenters. The molecule has 0 saturated carbocycles. The van der Waals surface area contributed by atoms with Gasteiger partial charge in [0.05, 0.1) is 11.5 Å². The molecule has 0 bridgehead atoms. The first-order valence-corrected chi connectivity index (χ1v) is 13.0. The molecule has 0 aliphatic rings. The summed E-state index contributed by atoms with van der Waals surface area (Å²) in [6.45, 7) is -0.147. The standard InChI is InChI=1S/C7H8O4S.2BrH.Mg/c8-5-6-1-3-7(4-2-6)12(9,10)11;;;/h1-4,8H,5H2,(H,9,10,11);2*1H;/q;;;+2/p-2. The molecule has 0 aliphatic heterocycles. The zero-order chi connectivity index (χ0) is 11.9. The predicted molar refractivity (Wildman–Crippen MR) is 65.8 cm³/mol. The smallest absolute Gasteiger partial charge is 0.392 e. The van der Waals surface area contributed by atoms with E-state index in [1.165, 1.54) is 24.3 Å². The Morgan fingerprint density at radius 2 is 1.60 bits per heavy atom. The summed E-state index contributed by atoms with van der Waals surface area (Å²) in [6, 6.07) is 5.34. The minimum atomic E-state index is -4.11. The highest BCUT2D eigenvalue weighted by atomic mass is 79.9. The molecule has 82 valence electrons. The van der Waals surface area contributed by atoms with Crippen LogP contribution in [0.1, 0.15) is 5.56 Å². The SMILES string of the molecule is O=S(=O)(O)c1ccc(CO)cc1.[Br][Mg][Br]. The van der Waals surface area contributed by atoms with E-state index in [9.17, 15) is 8.42 Å². The summed E-state index contributed by atoms with van der Waals surface area (Å²) in [5, 5.41) is 8.62. The van der Waals surface area contributed by atoms with Crippen LogP contribution in [-0.2, 0) is 16.7 Å². The Morgan fingerprint density at radius 1 is 1.20 bits per heavy atom. The van der Waals surface area contributed by atoms with Crippen molar-refractivity contribution in [2.75, 3.05) is 0 Å². The van der Waals surface area contributed by atoms with Gasteiger partial charge in [-0.3, -0.25) is 30.3 Å². The first-order chi connectivity index (χ1) is 6.95. The summed E-state index contributed by atoms with van der Waals surface area (Å²) in [4.78, 5) is -0.167. The summed E-state index contributed by atoms with van der Waals surface area (Å²) in [5.41, 5.74) is 0.599. The lowest BCUT2D eigenvalue weighted by Crippen LogP contribution is -1.97. The molecule has 0 amide bonds. The van der Waals surface area contributed by atoms with Crippen molar-refractivity contribution in [3.8, 4) is 0 Å². The van der Waals surface area contributed by atoms with E-state index in [4.69, 9.17) is 9.66 Å². The van der Waals surface area contributed by atoms with Crippen LogP contribution in [0.4, 0.5) is 0 Å². The molecule has 0 fully saturated rings. The van der Waals surface area contributed by atoms with Crippen LogP contribution in [-0.4, -0.2) is 34.1 Å². The van der Waals surface area contributed by atoms with E-state index < -0.39 is 10.1 Å². The Labute approximate surface area is 110 Å². The van der Waals surface area contributed by atoms with E-state index in [1.807, 2.05) is 0 Å². The van der Waals surface area contributed by atoms with Crippen molar-refractivity contribution in [3.63, 3.8) is 0 Å². The van der Waals surface area contributed by atoms with Crippen molar-refractivity contribution in [2.45, 2.75) is 11.5 Å². The number of hydrogen-bond donors (Lipinski definition) is 2. The van der Waals surface area contributed by atoms with E-state index in [0.717, 1.165) is 0 Å². The highest BCUT2D eigenvalue weighted by Crippen LogP contribution is 2.09. The lowest BCUT2D eigenvalue weighted by atomic mass is 10.2. The van der Waals surface area contributed by atoms with Crippen molar-refractivity contribution < 1.29 is 18.1 Å². The fraction of sp³-hybridized carbons (Fsp3) is 0.143. The van der Waals surface area contributed by atoms with Crippen LogP contribution in [0.2, 0.25) is 0 Å². The molecule has 4 nitrogen and oxygen atoms in total. The highest BCUT2D eigenvalue weighted by Gasteiger charge is 2.07. The molecular formula is C7H8Br2MgO4S. The average Bonchev–Trinajstić information content (AvgIpc) is 2.18. The molecule has 1 rings (SSSR count). The molecule has 0 spiro atoms. The molecule has 0 atom stereocenters. The van der Waals surface area contributed by atoms with Gasteiger partial charge < -0.3 is 5.11 Å². The van der Waals surface area contributed by atoms with Gasteiger partial charge in [0.2, 0.25) is 0 Å². The summed E-state index contributed by atoms with van der Waals surface area (Å²) in [5.74, 6) is 0. The highest BCUT2D eigenvalue weighted by molar-refractivity contribution is 9.47. The van der Waals surface area contributed by atoms with E-state index >= 15 is 0 Å². The average molecular weight is 372 g/mol. The van der Waals surface area contributed by atoms with Crippen molar-refractivity contribution in [2.24, 2.45) is 0 Å². The zero-order valence-electron chi connectivity index (χ0n) is 7.60. The van der Waals surface area contributed by atoms with Crippen molar-refractivity contribution in [3.05, 3.63) is 29.8 Å². The van der Waals surface area contributed by atoms with E-state index in [-0.39, 0.29) is 27.5 Å². The normalized spacial score (nSPS) is 9.87. The van der Waals surface area contributed by atoms with Crippen LogP contribution in [0, 0.1) is 0 Å². The molecule has 2 N–H and O–H groups in total. The topological polar surface area (TPSA) is 74.6 Å². The molecule has 0 aromatic heterocycles.